The lowest BCUT2D eigenvalue weighted by molar-refractivity contribution is -0.134. The van der Waals surface area contributed by atoms with Crippen LogP contribution in [-0.4, -0.2) is 25.5 Å². The van der Waals surface area contributed by atoms with Crippen LogP contribution in [0.2, 0.25) is 0 Å². The summed E-state index contributed by atoms with van der Waals surface area (Å²) in [5.74, 6) is -1.67. The maximum atomic E-state index is 12.3. The quantitative estimate of drug-likeness (QED) is 0.792. The van der Waals surface area contributed by atoms with Crippen molar-refractivity contribution in [1.29, 1.82) is 0 Å². The van der Waals surface area contributed by atoms with E-state index in [9.17, 15) is 18.0 Å². The first-order chi connectivity index (χ1) is 8.43. The zero-order valence-corrected chi connectivity index (χ0v) is 10.6. The Morgan fingerprint density at radius 2 is 1.78 bits per heavy atom. The van der Waals surface area contributed by atoms with E-state index in [4.69, 9.17) is 0 Å². The van der Waals surface area contributed by atoms with Gasteiger partial charge in [-0.3, -0.25) is 14.9 Å². The van der Waals surface area contributed by atoms with Gasteiger partial charge < -0.3 is 0 Å². The molecule has 6 heteroatoms. The molecule has 5 nitrogen and oxygen atoms in total. The van der Waals surface area contributed by atoms with Gasteiger partial charge in [0.15, 0.2) is 9.84 Å². The number of imide groups is 1. The first-order valence-corrected chi connectivity index (χ1v) is 7.10. The molecule has 2 rings (SSSR count). The van der Waals surface area contributed by atoms with Gasteiger partial charge in [-0.05, 0) is 18.1 Å². The summed E-state index contributed by atoms with van der Waals surface area (Å²) in [7, 11) is -3.75. The summed E-state index contributed by atoms with van der Waals surface area (Å²) in [4.78, 5) is 23.0. The highest BCUT2D eigenvalue weighted by Crippen LogP contribution is 2.26. The maximum Gasteiger partial charge on any atom is 0.245 e. The lowest BCUT2D eigenvalue weighted by atomic mass is 9.99. The predicted molar refractivity (Wildman–Crippen MR) is 64.3 cm³/mol. The highest BCUT2D eigenvalue weighted by Gasteiger charge is 2.42. The monoisotopic (exact) mass is 267 g/mol. The highest BCUT2D eigenvalue weighted by atomic mass is 32.2. The molecule has 18 heavy (non-hydrogen) atoms. The second kappa shape index (κ2) is 4.53. The number of carbonyl (C=O) groups excluding carboxylic acids is 2. The van der Waals surface area contributed by atoms with Crippen LogP contribution < -0.4 is 5.32 Å². The van der Waals surface area contributed by atoms with Crippen molar-refractivity contribution in [3.8, 4) is 0 Å². The third-order valence-corrected chi connectivity index (χ3v) is 5.23. The van der Waals surface area contributed by atoms with E-state index in [1.807, 2.05) is 0 Å². The van der Waals surface area contributed by atoms with Crippen LogP contribution in [0.5, 0.6) is 0 Å². The Balaban J connectivity index is 2.42. The van der Waals surface area contributed by atoms with Gasteiger partial charge in [0.05, 0.1) is 4.90 Å². The number of piperidine rings is 1. The van der Waals surface area contributed by atoms with Gasteiger partial charge in [0.1, 0.15) is 5.25 Å². The Hall–Kier alpha value is -1.69. The lowest BCUT2D eigenvalue weighted by Gasteiger charge is -2.26. The van der Waals surface area contributed by atoms with Crippen LogP contribution in [0, 0.1) is 5.92 Å². The Bertz CT molecular complexity index is 579. The third-order valence-electron chi connectivity index (χ3n) is 2.95. The summed E-state index contributed by atoms with van der Waals surface area (Å²) in [5, 5.41) is 0.882. The van der Waals surface area contributed by atoms with Crippen LogP contribution in [0.4, 0.5) is 0 Å². The van der Waals surface area contributed by atoms with Crippen molar-refractivity contribution in [2.75, 3.05) is 0 Å². The van der Waals surface area contributed by atoms with Crippen LogP contribution in [0.3, 0.4) is 0 Å². The molecule has 0 spiro atoms. The fraction of sp³-hybridized carbons (Fsp3) is 0.333. The van der Waals surface area contributed by atoms with Crippen molar-refractivity contribution in [1.82, 2.24) is 5.32 Å². The lowest BCUT2D eigenvalue weighted by Crippen LogP contribution is -2.51. The second-order valence-electron chi connectivity index (χ2n) is 4.37. The molecule has 1 aliphatic heterocycles. The average Bonchev–Trinajstić information content (AvgIpc) is 2.28. The largest absolute Gasteiger partial charge is 0.295 e. The molecule has 1 N–H and O–H groups in total. The molecule has 1 aromatic carbocycles. The molecule has 1 fully saturated rings. The molecule has 0 bridgehead atoms. The minimum Gasteiger partial charge on any atom is -0.295 e. The number of nitrogens with one attached hydrogen (secondary N) is 1. The fourth-order valence-electron chi connectivity index (χ4n) is 2.12. The minimum atomic E-state index is -3.75. The van der Waals surface area contributed by atoms with E-state index in [2.05, 4.69) is 5.32 Å². The maximum absolute atomic E-state index is 12.3. The fourth-order valence-corrected chi connectivity index (χ4v) is 4.00. The molecule has 96 valence electrons. The summed E-state index contributed by atoms with van der Waals surface area (Å²) in [5.41, 5.74) is 0. The topological polar surface area (TPSA) is 80.3 Å². The number of hydrogen-bond acceptors (Lipinski definition) is 4. The van der Waals surface area contributed by atoms with Crippen molar-refractivity contribution >= 4 is 21.7 Å². The Kier molecular flexibility index (Phi) is 3.21. The number of rotatable bonds is 2. The van der Waals surface area contributed by atoms with Crippen LogP contribution in [0.25, 0.3) is 0 Å². The molecule has 0 aromatic heterocycles. The van der Waals surface area contributed by atoms with Gasteiger partial charge in [-0.1, -0.05) is 25.1 Å². The van der Waals surface area contributed by atoms with Crippen molar-refractivity contribution in [2.45, 2.75) is 23.5 Å². The van der Waals surface area contributed by atoms with Crippen LogP contribution in [0.15, 0.2) is 35.2 Å². The Morgan fingerprint density at radius 3 is 2.33 bits per heavy atom. The molecule has 1 aromatic rings. The van der Waals surface area contributed by atoms with Gasteiger partial charge >= 0.3 is 0 Å². The van der Waals surface area contributed by atoms with Gasteiger partial charge in [0.25, 0.3) is 0 Å². The zero-order chi connectivity index (χ0) is 13.3. The number of sulfone groups is 1. The van der Waals surface area contributed by atoms with E-state index in [1.165, 1.54) is 12.1 Å². The Morgan fingerprint density at radius 1 is 1.17 bits per heavy atom. The second-order valence-corrected chi connectivity index (χ2v) is 6.44. The van der Waals surface area contributed by atoms with E-state index in [0.29, 0.717) is 0 Å². The standard InChI is InChI=1S/C12H13NO4S/c1-8-7-10(14)13-12(15)11(8)18(16,17)9-5-3-2-4-6-9/h2-6,8,11H,7H2,1H3,(H,13,14,15). The summed E-state index contributed by atoms with van der Waals surface area (Å²) < 4.78 is 24.7. The molecule has 0 saturated carbocycles. The minimum absolute atomic E-state index is 0.0441. The zero-order valence-electron chi connectivity index (χ0n) is 9.79. The number of hydrogen-bond donors (Lipinski definition) is 1. The number of carbonyl (C=O) groups is 2. The van der Waals surface area contributed by atoms with Gasteiger partial charge in [0, 0.05) is 6.42 Å². The molecule has 0 aliphatic carbocycles. The number of benzene rings is 1. The molecular weight excluding hydrogens is 254 g/mol. The van der Waals surface area contributed by atoms with Gasteiger partial charge in [0.2, 0.25) is 11.8 Å². The Labute approximate surface area is 105 Å². The van der Waals surface area contributed by atoms with Crippen LogP contribution in [-0.2, 0) is 19.4 Å². The molecule has 0 radical (unpaired) electrons. The van der Waals surface area contributed by atoms with Gasteiger partial charge in [-0.2, -0.15) is 0 Å². The normalized spacial score (nSPS) is 24.7. The van der Waals surface area contributed by atoms with E-state index in [-0.39, 0.29) is 11.3 Å². The van der Waals surface area contributed by atoms with Crippen molar-refractivity contribution in [2.24, 2.45) is 5.92 Å². The van der Waals surface area contributed by atoms with Gasteiger partial charge in [-0.25, -0.2) is 8.42 Å². The predicted octanol–water partition coefficient (Wildman–Crippen LogP) is 0.511. The van der Waals surface area contributed by atoms with E-state index in [1.54, 1.807) is 25.1 Å². The van der Waals surface area contributed by atoms with E-state index < -0.39 is 32.8 Å². The van der Waals surface area contributed by atoms with Crippen LogP contribution in [0.1, 0.15) is 13.3 Å². The summed E-state index contributed by atoms with van der Waals surface area (Å²) >= 11 is 0. The summed E-state index contributed by atoms with van der Waals surface area (Å²) in [6, 6.07) is 7.80. The average molecular weight is 267 g/mol. The molecule has 2 amide bonds. The smallest absolute Gasteiger partial charge is 0.245 e. The molecule has 1 heterocycles. The van der Waals surface area contributed by atoms with Crippen molar-refractivity contribution < 1.29 is 18.0 Å². The molecule has 1 aliphatic rings. The van der Waals surface area contributed by atoms with E-state index >= 15 is 0 Å². The van der Waals surface area contributed by atoms with Crippen molar-refractivity contribution in [3.05, 3.63) is 30.3 Å². The molecule has 2 unspecified atom stereocenters. The number of amides is 2. The van der Waals surface area contributed by atoms with E-state index in [0.717, 1.165) is 0 Å². The van der Waals surface area contributed by atoms with Gasteiger partial charge in [-0.15, -0.1) is 0 Å². The summed E-state index contributed by atoms with van der Waals surface area (Å²) in [6.07, 6.45) is 0.0441. The van der Waals surface area contributed by atoms with Crippen molar-refractivity contribution in [3.63, 3.8) is 0 Å². The molecule has 1 saturated heterocycles. The SMILES string of the molecule is CC1CC(=O)NC(=O)C1S(=O)(=O)c1ccccc1. The first-order valence-electron chi connectivity index (χ1n) is 5.55. The summed E-state index contributed by atoms with van der Waals surface area (Å²) in [6.45, 7) is 1.60. The third kappa shape index (κ3) is 2.15. The highest BCUT2D eigenvalue weighted by molar-refractivity contribution is 7.92. The first kappa shape index (κ1) is 12.8. The molecule has 2 atom stereocenters. The van der Waals surface area contributed by atoms with Crippen LogP contribution >= 0.6 is 0 Å². The molecular formula is C12H13NO4S.